The second-order valence-electron chi connectivity index (χ2n) is 7.88. The molecule has 0 aliphatic carbocycles. The van der Waals surface area contributed by atoms with Crippen LogP contribution in [0.5, 0.6) is 11.5 Å². The number of nitrogens with zero attached hydrogens (tertiary/aromatic N) is 1. The molecule has 0 saturated carbocycles. The van der Waals surface area contributed by atoms with Crippen molar-refractivity contribution in [2.45, 2.75) is 6.04 Å². The van der Waals surface area contributed by atoms with E-state index in [0.29, 0.717) is 28.0 Å². The van der Waals surface area contributed by atoms with Gasteiger partial charge in [-0.25, -0.2) is 4.39 Å². The lowest BCUT2D eigenvalue weighted by molar-refractivity contribution is -0.117. The van der Waals surface area contributed by atoms with Crippen molar-refractivity contribution in [2.24, 2.45) is 0 Å². The van der Waals surface area contributed by atoms with Gasteiger partial charge in [-0.05, 0) is 36.4 Å². The van der Waals surface area contributed by atoms with E-state index in [-0.39, 0.29) is 17.0 Å². The van der Waals surface area contributed by atoms with Crippen molar-refractivity contribution in [1.82, 2.24) is 0 Å². The molecule has 3 aromatic carbocycles. The molecule has 2 heterocycles. The first kappa shape index (κ1) is 22.2. The van der Waals surface area contributed by atoms with Gasteiger partial charge in [0.25, 0.3) is 5.91 Å². The van der Waals surface area contributed by atoms with Crippen molar-refractivity contribution in [3.63, 3.8) is 0 Å². The number of hydrogen-bond donors (Lipinski definition) is 1. The molecule has 176 valence electrons. The molecule has 1 N–H and O–H groups in total. The zero-order valence-electron chi connectivity index (χ0n) is 18.8. The van der Waals surface area contributed by atoms with Crippen LogP contribution in [-0.2, 0) is 4.79 Å². The minimum Gasteiger partial charge on any atom is -0.503 e. The molecule has 8 heteroatoms. The molecule has 1 aliphatic rings. The van der Waals surface area contributed by atoms with Gasteiger partial charge in [0.15, 0.2) is 22.9 Å². The summed E-state index contributed by atoms with van der Waals surface area (Å²) >= 11 is 0. The summed E-state index contributed by atoms with van der Waals surface area (Å²) in [6.07, 6.45) is 0. The molecule has 1 aromatic heterocycles. The third-order valence-electron chi connectivity index (χ3n) is 5.92. The lowest BCUT2D eigenvalue weighted by Crippen LogP contribution is -2.31. The standard InChI is InChI=1S/C27H20FNO6/c1-33-19-11-4-3-10-18(19)23-22(25(31)27(32)29(23)17-9-6-8-16(28)14-17)24(30)21-13-15-7-5-12-20(34-2)26(15)35-21/h3-14,23,31H,1-2H3. The number of ketones is 1. The molecule has 35 heavy (non-hydrogen) atoms. The number of fused-ring (bicyclic) bond motifs is 1. The molecule has 1 aliphatic heterocycles. The summed E-state index contributed by atoms with van der Waals surface area (Å²) in [7, 11) is 2.94. The first-order chi connectivity index (χ1) is 16.9. The molecule has 4 aromatic rings. The highest BCUT2D eigenvalue weighted by molar-refractivity contribution is 6.20. The number of aliphatic hydroxyl groups excluding tert-OH is 1. The number of aliphatic hydroxyl groups is 1. The van der Waals surface area contributed by atoms with Crippen LogP contribution in [0.1, 0.15) is 22.2 Å². The van der Waals surface area contributed by atoms with Crippen LogP contribution in [0.3, 0.4) is 0 Å². The Kier molecular flexibility index (Phi) is 5.49. The van der Waals surface area contributed by atoms with E-state index in [1.165, 1.54) is 43.4 Å². The molecule has 1 unspecified atom stereocenters. The number of Topliss-reactive ketones (excluding diaryl/α,β-unsaturated/α-hetero) is 1. The molecule has 5 rings (SSSR count). The fourth-order valence-electron chi connectivity index (χ4n) is 4.36. The van der Waals surface area contributed by atoms with E-state index in [1.54, 1.807) is 42.5 Å². The normalized spacial score (nSPS) is 15.7. The van der Waals surface area contributed by atoms with Gasteiger partial charge in [-0.1, -0.05) is 36.4 Å². The highest BCUT2D eigenvalue weighted by atomic mass is 19.1. The van der Waals surface area contributed by atoms with Gasteiger partial charge in [0.2, 0.25) is 5.78 Å². The van der Waals surface area contributed by atoms with Gasteiger partial charge in [0.05, 0.1) is 25.8 Å². The number of hydrogen-bond acceptors (Lipinski definition) is 6. The number of para-hydroxylation sites is 2. The first-order valence-electron chi connectivity index (χ1n) is 10.7. The molecule has 0 spiro atoms. The zero-order chi connectivity index (χ0) is 24.7. The summed E-state index contributed by atoms with van der Waals surface area (Å²) in [6.45, 7) is 0. The molecular weight excluding hydrogens is 453 g/mol. The van der Waals surface area contributed by atoms with Crippen LogP contribution in [0, 0.1) is 5.82 Å². The summed E-state index contributed by atoms with van der Waals surface area (Å²) in [6, 6.07) is 17.8. The molecule has 1 atom stereocenters. The van der Waals surface area contributed by atoms with Crippen molar-refractivity contribution in [2.75, 3.05) is 19.1 Å². The van der Waals surface area contributed by atoms with Crippen LogP contribution in [0.15, 0.2) is 88.5 Å². The maximum atomic E-state index is 14.1. The maximum Gasteiger partial charge on any atom is 0.294 e. The van der Waals surface area contributed by atoms with E-state index in [4.69, 9.17) is 13.9 Å². The SMILES string of the molecule is COc1ccccc1C1C(C(=O)c2cc3cccc(OC)c3o2)=C(O)C(=O)N1c1cccc(F)c1. The Morgan fingerprint density at radius 3 is 2.43 bits per heavy atom. The van der Waals surface area contributed by atoms with E-state index >= 15 is 0 Å². The summed E-state index contributed by atoms with van der Waals surface area (Å²) in [5.41, 5.74) is 0.764. The monoisotopic (exact) mass is 473 g/mol. The number of carbonyl (C=O) groups is 2. The number of furan rings is 1. The average molecular weight is 473 g/mol. The topological polar surface area (TPSA) is 89.2 Å². The predicted molar refractivity (Wildman–Crippen MR) is 126 cm³/mol. The Morgan fingerprint density at radius 2 is 1.69 bits per heavy atom. The Balaban J connectivity index is 1.70. The van der Waals surface area contributed by atoms with Crippen molar-refractivity contribution in [3.8, 4) is 11.5 Å². The predicted octanol–water partition coefficient (Wildman–Crippen LogP) is 5.37. The summed E-state index contributed by atoms with van der Waals surface area (Å²) in [4.78, 5) is 28.2. The highest BCUT2D eigenvalue weighted by Crippen LogP contribution is 2.45. The van der Waals surface area contributed by atoms with E-state index < -0.39 is 29.3 Å². The lowest BCUT2D eigenvalue weighted by Gasteiger charge is -2.27. The number of halogens is 1. The van der Waals surface area contributed by atoms with Crippen molar-refractivity contribution in [3.05, 3.63) is 101 Å². The molecule has 0 saturated heterocycles. The van der Waals surface area contributed by atoms with Crippen LogP contribution < -0.4 is 14.4 Å². The van der Waals surface area contributed by atoms with Gasteiger partial charge in [0.1, 0.15) is 11.6 Å². The van der Waals surface area contributed by atoms with E-state index in [9.17, 15) is 19.1 Å². The number of ether oxygens (including phenoxy) is 2. The van der Waals surface area contributed by atoms with Gasteiger partial charge < -0.3 is 19.0 Å². The van der Waals surface area contributed by atoms with Crippen LogP contribution in [-0.4, -0.2) is 31.0 Å². The molecule has 0 bridgehead atoms. The van der Waals surface area contributed by atoms with E-state index in [0.717, 1.165) is 6.07 Å². The number of benzene rings is 3. The molecule has 7 nitrogen and oxygen atoms in total. The van der Waals surface area contributed by atoms with Gasteiger partial charge in [-0.3, -0.25) is 14.5 Å². The maximum absolute atomic E-state index is 14.1. The molecule has 0 radical (unpaired) electrons. The number of methoxy groups -OCH3 is 2. The second-order valence-corrected chi connectivity index (χ2v) is 7.88. The summed E-state index contributed by atoms with van der Waals surface area (Å²) in [5, 5.41) is 11.5. The van der Waals surface area contributed by atoms with Crippen LogP contribution in [0.2, 0.25) is 0 Å². The number of rotatable bonds is 6. The van der Waals surface area contributed by atoms with Gasteiger partial charge in [-0.15, -0.1) is 0 Å². The summed E-state index contributed by atoms with van der Waals surface area (Å²) in [5.74, 6) is -2.12. The quantitative estimate of drug-likeness (QED) is 0.379. The van der Waals surface area contributed by atoms with E-state index in [1.807, 2.05) is 0 Å². The van der Waals surface area contributed by atoms with Crippen LogP contribution >= 0.6 is 0 Å². The van der Waals surface area contributed by atoms with Crippen molar-refractivity contribution in [1.29, 1.82) is 0 Å². The van der Waals surface area contributed by atoms with Gasteiger partial charge in [0, 0.05) is 16.6 Å². The molecule has 1 amide bonds. The Bertz CT molecular complexity index is 1500. The van der Waals surface area contributed by atoms with Crippen molar-refractivity contribution >= 4 is 28.3 Å². The van der Waals surface area contributed by atoms with Gasteiger partial charge in [-0.2, -0.15) is 0 Å². The largest absolute Gasteiger partial charge is 0.503 e. The minimum absolute atomic E-state index is 0.0835. The van der Waals surface area contributed by atoms with Gasteiger partial charge >= 0.3 is 0 Å². The third kappa shape index (κ3) is 3.59. The Morgan fingerprint density at radius 1 is 0.971 bits per heavy atom. The number of carbonyl (C=O) groups excluding carboxylic acids is 2. The number of amides is 1. The molecular formula is C27H20FNO6. The zero-order valence-corrected chi connectivity index (χ0v) is 18.8. The Labute approximate surface area is 199 Å². The second kappa shape index (κ2) is 8.64. The first-order valence-corrected chi connectivity index (χ1v) is 10.7. The molecule has 0 fully saturated rings. The summed E-state index contributed by atoms with van der Waals surface area (Å²) < 4.78 is 30.7. The lowest BCUT2D eigenvalue weighted by atomic mass is 9.94. The fraction of sp³-hybridized carbons (Fsp3) is 0.111. The van der Waals surface area contributed by atoms with Crippen molar-refractivity contribution < 1.29 is 33.0 Å². The van der Waals surface area contributed by atoms with Crippen LogP contribution in [0.25, 0.3) is 11.0 Å². The average Bonchev–Trinajstić information content (AvgIpc) is 3.42. The van der Waals surface area contributed by atoms with Crippen LogP contribution in [0.4, 0.5) is 10.1 Å². The Hall–Kier alpha value is -4.59. The van der Waals surface area contributed by atoms with E-state index in [2.05, 4.69) is 0 Å². The minimum atomic E-state index is -1.09. The highest BCUT2D eigenvalue weighted by Gasteiger charge is 2.46. The third-order valence-corrected chi connectivity index (χ3v) is 5.92. The fourth-order valence-corrected chi connectivity index (χ4v) is 4.36. The number of anilines is 1. The smallest absolute Gasteiger partial charge is 0.294 e.